The van der Waals surface area contributed by atoms with Crippen LogP contribution in [-0.2, 0) is 20.8 Å². The maximum atomic E-state index is 13.0. The summed E-state index contributed by atoms with van der Waals surface area (Å²) in [5, 5.41) is 0.509. The maximum absolute atomic E-state index is 13.0. The van der Waals surface area contributed by atoms with Crippen LogP contribution in [0.1, 0.15) is 18.9 Å². The third kappa shape index (κ3) is 4.41. The molecule has 0 N–H and O–H groups in total. The van der Waals surface area contributed by atoms with Crippen LogP contribution in [0.25, 0.3) is 0 Å². The smallest absolute Gasteiger partial charge is 0.257 e. The molecule has 1 aliphatic rings. The molecule has 8 heteroatoms. The number of carbonyl (C=O) groups excluding carboxylic acids is 3. The van der Waals surface area contributed by atoms with Crippen LogP contribution in [-0.4, -0.2) is 49.4 Å². The zero-order valence-electron chi connectivity index (χ0n) is 17.1. The van der Waals surface area contributed by atoms with Gasteiger partial charge in [0.1, 0.15) is 6.04 Å². The first-order valence-electron chi connectivity index (χ1n) is 9.46. The number of halogens is 1. The van der Waals surface area contributed by atoms with Gasteiger partial charge in [-0.15, -0.1) is 0 Å². The fourth-order valence-corrected chi connectivity index (χ4v) is 3.67. The van der Waals surface area contributed by atoms with Crippen molar-refractivity contribution in [2.24, 2.45) is 0 Å². The second-order valence-electron chi connectivity index (χ2n) is 6.92. The number of amides is 3. The number of carbonyl (C=O) groups is 3. The van der Waals surface area contributed by atoms with Crippen molar-refractivity contribution in [1.29, 1.82) is 0 Å². The van der Waals surface area contributed by atoms with E-state index >= 15 is 0 Å². The van der Waals surface area contributed by atoms with Crippen molar-refractivity contribution in [3.8, 4) is 11.5 Å². The Morgan fingerprint density at radius 2 is 1.77 bits per heavy atom. The second kappa shape index (κ2) is 9.17. The van der Waals surface area contributed by atoms with Gasteiger partial charge >= 0.3 is 0 Å². The monoisotopic (exact) mass is 430 g/mol. The van der Waals surface area contributed by atoms with Gasteiger partial charge in [0, 0.05) is 18.5 Å². The zero-order valence-corrected chi connectivity index (χ0v) is 17.8. The van der Waals surface area contributed by atoms with Crippen molar-refractivity contribution in [1.82, 2.24) is 4.90 Å². The molecule has 3 amide bonds. The predicted molar refractivity (Wildman–Crippen MR) is 113 cm³/mol. The van der Waals surface area contributed by atoms with Crippen LogP contribution in [0.2, 0.25) is 5.02 Å². The van der Waals surface area contributed by atoms with E-state index in [0.717, 1.165) is 10.5 Å². The predicted octanol–water partition coefficient (Wildman–Crippen LogP) is 3.08. The van der Waals surface area contributed by atoms with Crippen molar-refractivity contribution < 1.29 is 23.9 Å². The number of rotatable bonds is 7. The van der Waals surface area contributed by atoms with Gasteiger partial charge in [0.25, 0.3) is 5.91 Å². The molecule has 3 rings (SSSR count). The van der Waals surface area contributed by atoms with Crippen molar-refractivity contribution >= 4 is 35.0 Å². The van der Waals surface area contributed by atoms with E-state index in [2.05, 4.69) is 0 Å². The average molecular weight is 431 g/mol. The molecule has 1 aliphatic heterocycles. The molecule has 2 aromatic rings. The Morgan fingerprint density at radius 3 is 2.37 bits per heavy atom. The lowest BCUT2D eigenvalue weighted by molar-refractivity contribution is -0.136. The highest BCUT2D eigenvalue weighted by Gasteiger charge is 2.43. The molecule has 1 atom stereocenters. The van der Waals surface area contributed by atoms with Crippen LogP contribution in [0.3, 0.4) is 0 Å². The Labute approximate surface area is 180 Å². The summed E-state index contributed by atoms with van der Waals surface area (Å²) in [6.45, 7) is 1.69. The number of nitrogens with zero attached hydrogens (tertiary/aromatic N) is 2. The van der Waals surface area contributed by atoms with Gasteiger partial charge in [0.2, 0.25) is 11.8 Å². The first kappa shape index (κ1) is 21.6. The number of imide groups is 1. The summed E-state index contributed by atoms with van der Waals surface area (Å²) in [4.78, 5) is 40.4. The molecule has 7 nitrogen and oxygen atoms in total. The van der Waals surface area contributed by atoms with Crippen LogP contribution >= 0.6 is 11.6 Å². The number of ether oxygens (including phenoxy) is 2. The minimum absolute atomic E-state index is 0.0486. The summed E-state index contributed by atoms with van der Waals surface area (Å²) in [5.74, 6) is 0.180. The third-order valence-corrected chi connectivity index (χ3v) is 5.33. The normalized spacial score (nSPS) is 16.0. The number of anilines is 1. The lowest BCUT2D eigenvalue weighted by Crippen LogP contribution is -2.45. The van der Waals surface area contributed by atoms with Crippen molar-refractivity contribution in [2.45, 2.75) is 25.8 Å². The summed E-state index contributed by atoms with van der Waals surface area (Å²) >= 11 is 5.89. The molecule has 0 radical (unpaired) electrons. The van der Waals surface area contributed by atoms with Crippen LogP contribution in [0.4, 0.5) is 5.69 Å². The van der Waals surface area contributed by atoms with Crippen LogP contribution < -0.4 is 14.4 Å². The van der Waals surface area contributed by atoms with Crippen LogP contribution in [0.5, 0.6) is 11.5 Å². The second-order valence-corrected chi connectivity index (χ2v) is 7.35. The lowest BCUT2D eigenvalue weighted by atomic mass is 10.1. The molecule has 0 bridgehead atoms. The van der Waals surface area contributed by atoms with Crippen molar-refractivity contribution in [3.63, 3.8) is 0 Å². The fourth-order valence-electron chi connectivity index (χ4n) is 3.54. The van der Waals surface area contributed by atoms with E-state index in [1.165, 1.54) is 11.8 Å². The molecule has 1 heterocycles. The van der Waals surface area contributed by atoms with Gasteiger partial charge in [0.15, 0.2) is 11.5 Å². The number of hydrogen-bond donors (Lipinski definition) is 0. The summed E-state index contributed by atoms with van der Waals surface area (Å²) in [7, 11) is 3.11. The summed E-state index contributed by atoms with van der Waals surface area (Å²) in [6, 6.07) is 11.1. The van der Waals surface area contributed by atoms with E-state index in [1.54, 1.807) is 44.6 Å². The van der Waals surface area contributed by atoms with E-state index in [0.29, 0.717) is 35.2 Å². The molecule has 0 aliphatic carbocycles. The van der Waals surface area contributed by atoms with E-state index < -0.39 is 11.9 Å². The van der Waals surface area contributed by atoms with Gasteiger partial charge in [-0.25, -0.2) is 4.90 Å². The topological polar surface area (TPSA) is 76.2 Å². The van der Waals surface area contributed by atoms with E-state index in [4.69, 9.17) is 21.1 Å². The van der Waals surface area contributed by atoms with Gasteiger partial charge in [-0.3, -0.25) is 14.4 Å². The molecular weight excluding hydrogens is 408 g/mol. The van der Waals surface area contributed by atoms with Crippen LogP contribution in [0.15, 0.2) is 42.5 Å². The first-order valence-corrected chi connectivity index (χ1v) is 9.84. The molecule has 1 fully saturated rings. The van der Waals surface area contributed by atoms with Gasteiger partial charge < -0.3 is 14.4 Å². The lowest BCUT2D eigenvalue weighted by Gasteiger charge is -2.26. The SMILES string of the molecule is COc1ccc(CCN(C(C)=O)C2CC(=O)N(c3ccc(Cl)cc3)C2=O)cc1OC. The highest BCUT2D eigenvalue weighted by atomic mass is 35.5. The maximum Gasteiger partial charge on any atom is 0.257 e. The van der Waals surface area contributed by atoms with Crippen molar-refractivity contribution in [2.75, 3.05) is 25.7 Å². The Morgan fingerprint density at radius 1 is 1.10 bits per heavy atom. The molecule has 2 aromatic carbocycles. The summed E-state index contributed by atoms with van der Waals surface area (Å²) in [6.07, 6.45) is 0.450. The van der Waals surface area contributed by atoms with Gasteiger partial charge in [-0.2, -0.15) is 0 Å². The van der Waals surface area contributed by atoms with E-state index in [9.17, 15) is 14.4 Å². The number of benzene rings is 2. The van der Waals surface area contributed by atoms with Crippen molar-refractivity contribution in [3.05, 3.63) is 53.1 Å². The third-order valence-electron chi connectivity index (χ3n) is 5.08. The molecule has 0 aromatic heterocycles. The molecular formula is C22H23ClN2O5. The highest BCUT2D eigenvalue weighted by Crippen LogP contribution is 2.29. The van der Waals surface area contributed by atoms with E-state index in [1.807, 2.05) is 12.1 Å². The molecule has 1 saturated heterocycles. The Bertz CT molecular complexity index is 961. The molecule has 0 spiro atoms. The molecule has 30 heavy (non-hydrogen) atoms. The average Bonchev–Trinajstić information content (AvgIpc) is 3.02. The van der Waals surface area contributed by atoms with Gasteiger partial charge in [-0.05, 0) is 48.4 Å². The Balaban J connectivity index is 1.76. The van der Waals surface area contributed by atoms with Gasteiger partial charge in [0.05, 0.1) is 26.3 Å². The largest absolute Gasteiger partial charge is 0.493 e. The highest BCUT2D eigenvalue weighted by molar-refractivity contribution is 6.30. The summed E-state index contributed by atoms with van der Waals surface area (Å²) < 4.78 is 10.6. The molecule has 1 unspecified atom stereocenters. The Kier molecular flexibility index (Phi) is 6.62. The number of hydrogen-bond acceptors (Lipinski definition) is 5. The van der Waals surface area contributed by atoms with E-state index in [-0.39, 0.29) is 18.2 Å². The molecule has 158 valence electrons. The van der Waals surface area contributed by atoms with Gasteiger partial charge in [-0.1, -0.05) is 17.7 Å². The Hall–Kier alpha value is -3.06. The zero-order chi connectivity index (χ0) is 21.8. The quantitative estimate of drug-likeness (QED) is 0.631. The van der Waals surface area contributed by atoms with Crippen LogP contribution in [0, 0.1) is 0 Å². The fraction of sp³-hybridized carbons (Fsp3) is 0.318. The first-order chi connectivity index (χ1) is 14.3. The molecule has 0 saturated carbocycles. The summed E-state index contributed by atoms with van der Waals surface area (Å²) in [5.41, 5.74) is 1.37. The standard InChI is InChI=1S/C22H23ClN2O5/c1-14(26)24(11-10-15-4-9-19(29-2)20(12-15)30-3)18-13-21(27)25(22(18)28)17-7-5-16(23)6-8-17/h4-9,12,18H,10-11,13H2,1-3H3. The minimum atomic E-state index is -0.828. The number of methoxy groups -OCH3 is 2. The minimum Gasteiger partial charge on any atom is -0.493 e.